The summed E-state index contributed by atoms with van der Waals surface area (Å²) in [5.74, 6) is 0.235. The van der Waals surface area contributed by atoms with E-state index in [1.807, 2.05) is 48.7 Å². The van der Waals surface area contributed by atoms with E-state index in [4.69, 9.17) is 0 Å². The molecule has 0 aliphatic carbocycles. The Bertz CT molecular complexity index is 863. The molecule has 0 saturated carbocycles. The maximum atomic E-state index is 12.8. The second-order valence-corrected chi connectivity index (χ2v) is 6.21. The number of pyridine rings is 1. The van der Waals surface area contributed by atoms with Crippen LogP contribution in [0.5, 0.6) is 0 Å². The first-order valence-corrected chi connectivity index (χ1v) is 8.21. The highest BCUT2D eigenvalue weighted by molar-refractivity contribution is 5.96. The maximum Gasteiger partial charge on any atom is 0.229 e. The molecule has 0 spiro atoms. The van der Waals surface area contributed by atoms with Crippen LogP contribution in [-0.2, 0) is 4.79 Å². The van der Waals surface area contributed by atoms with Crippen LogP contribution in [0.3, 0.4) is 0 Å². The van der Waals surface area contributed by atoms with Gasteiger partial charge < -0.3 is 10.6 Å². The van der Waals surface area contributed by atoms with Crippen LogP contribution in [0.15, 0.2) is 67.0 Å². The van der Waals surface area contributed by atoms with Gasteiger partial charge in [-0.1, -0.05) is 36.4 Å². The van der Waals surface area contributed by atoms with Gasteiger partial charge >= 0.3 is 0 Å². The van der Waals surface area contributed by atoms with E-state index in [-0.39, 0.29) is 17.7 Å². The molecular weight excluding hydrogens is 298 g/mol. The fourth-order valence-electron chi connectivity index (χ4n) is 3.40. The molecule has 1 saturated heterocycles. The Balaban J connectivity index is 1.54. The summed E-state index contributed by atoms with van der Waals surface area (Å²) < 4.78 is 0. The molecule has 1 aromatic heterocycles. The number of carbonyl (C=O) groups excluding carboxylic acids is 1. The van der Waals surface area contributed by atoms with Crippen LogP contribution in [0.25, 0.3) is 10.8 Å². The first kappa shape index (κ1) is 14.8. The van der Waals surface area contributed by atoms with Crippen molar-refractivity contribution in [3.63, 3.8) is 0 Å². The van der Waals surface area contributed by atoms with E-state index in [9.17, 15) is 4.79 Å². The molecule has 2 aromatic carbocycles. The Morgan fingerprint density at radius 1 is 1.04 bits per heavy atom. The van der Waals surface area contributed by atoms with Gasteiger partial charge in [0.1, 0.15) is 0 Å². The normalized spacial score (nSPS) is 20.2. The molecule has 2 heterocycles. The summed E-state index contributed by atoms with van der Waals surface area (Å²) in [6, 6.07) is 18.1. The first-order valence-electron chi connectivity index (χ1n) is 8.21. The number of benzene rings is 2. The number of nitrogens with one attached hydrogen (secondary N) is 2. The summed E-state index contributed by atoms with van der Waals surface area (Å²) in [6.45, 7) is 1.55. The highest BCUT2D eigenvalue weighted by Gasteiger charge is 2.33. The van der Waals surface area contributed by atoms with Gasteiger partial charge in [-0.3, -0.25) is 9.78 Å². The largest absolute Gasteiger partial charge is 0.326 e. The van der Waals surface area contributed by atoms with E-state index in [1.54, 1.807) is 6.20 Å². The maximum absolute atomic E-state index is 12.8. The molecule has 1 aliphatic rings. The number of amides is 1. The van der Waals surface area contributed by atoms with E-state index in [0.29, 0.717) is 6.54 Å². The number of rotatable bonds is 3. The molecule has 4 heteroatoms. The van der Waals surface area contributed by atoms with E-state index >= 15 is 0 Å². The van der Waals surface area contributed by atoms with Crippen molar-refractivity contribution in [3.05, 3.63) is 72.6 Å². The zero-order valence-corrected chi connectivity index (χ0v) is 13.3. The number of anilines is 1. The van der Waals surface area contributed by atoms with Gasteiger partial charge in [-0.25, -0.2) is 0 Å². The number of carbonyl (C=O) groups is 1. The molecule has 24 heavy (non-hydrogen) atoms. The number of hydrogen-bond donors (Lipinski definition) is 2. The summed E-state index contributed by atoms with van der Waals surface area (Å²) in [5.41, 5.74) is 2.05. The van der Waals surface area contributed by atoms with Gasteiger partial charge in [-0.05, 0) is 29.1 Å². The summed E-state index contributed by atoms with van der Waals surface area (Å²) >= 11 is 0. The molecular formula is C20H19N3O. The van der Waals surface area contributed by atoms with E-state index in [2.05, 4.69) is 27.8 Å². The van der Waals surface area contributed by atoms with Crippen molar-refractivity contribution in [3.8, 4) is 0 Å². The van der Waals surface area contributed by atoms with Crippen molar-refractivity contribution in [1.82, 2.24) is 10.3 Å². The summed E-state index contributed by atoms with van der Waals surface area (Å²) in [6.07, 6.45) is 3.59. The minimum Gasteiger partial charge on any atom is -0.326 e. The Labute approximate surface area is 140 Å². The Hall–Kier alpha value is -2.72. The molecule has 2 N–H and O–H groups in total. The fraction of sp³-hybridized carbons (Fsp3) is 0.200. The van der Waals surface area contributed by atoms with Crippen molar-refractivity contribution in [1.29, 1.82) is 0 Å². The van der Waals surface area contributed by atoms with Gasteiger partial charge in [0.2, 0.25) is 5.91 Å². The summed E-state index contributed by atoms with van der Waals surface area (Å²) in [4.78, 5) is 16.9. The Morgan fingerprint density at radius 3 is 2.79 bits per heavy atom. The Morgan fingerprint density at radius 2 is 1.92 bits per heavy atom. The molecule has 120 valence electrons. The van der Waals surface area contributed by atoms with Gasteiger partial charge in [-0.15, -0.1) is 0 Å². The molecule has 0 unspecified atom stereocenters. The first-order chi connectivity index (χ1) is 11.8. The monoisotopic (exact) mass is 317 g/mol. The molecule has 1 fully saturated rings. The summed E-state index contributed by atoms with van der Waals surface area (Å²) in [7, 11) is 0. The zero-order chi connectivity index (χ0) is 16.4. The summed E-state index contributed by atoms with van der Waals surface area (Å²) in [5, 5.41) is 8.57. The SMILES string of the molecule is O=C(Nc1ccc2cnccc2c1)[C@H]1CNC[C@@H]1c1ccccc1. The number of hydrogen-bond acceptors (Lipinski definition) is 3. The van der Waals surface area contributed by atoms with Gasteiger partial charge in [-0.2, -0.15) is 0 Å². The van der Waals surface area contributed by atoms with Crippen LogP contribution in [0.2, 0.25) is 0 Å². The minimum atomic E-state index is -0.0551. The van der Waals surface area contributed by atoms with Gasteiger partial charge in [0, 0.05) is 42.5 Å². The molecule has 0 radical (unpaired) electrons. The third-order valence-corrected chi connectivity index (χ3v) is 4.69. The highest BCUT2D eigenvalue weighted by Crippen LogP contribution is 2.29. The lowest BCUT2D eigenvalue weighted by Crippen LogP contribution is -2.28. The molecule has 4 nitrogen and oxygen atoms in total. The van der Waals surface area contributed by atoms with Crippen LogP contribution >= 0.6 is 0 Å². The van der Waals surface area contributed by atoms with E-state index < -0.39 is 0 Å². The molecule has 3 aromatic rings. The van der Waals surface area contributed by atoms with Gasteiger partial charge in [0.05, 0.1) is 5.92 Å². The topological polar surface area (TPSA) is 54.0 Å². The van der Waals surface area contributed by atoms with Crippen molar-refractivity contribution in [2.75, 3.05) is 18.4 Å². The van der Waals surface area contributed by atoms with Crippen LogP contribution < -0.4 is 10.6 Å². The average molecular weight is 317 g/mol. The lowest BCUT2D eigenvalue weighted by molar-refractivity contribution is -0.119. The third-order valence-electron chi connectivity index (χ3n) is 4.69. The van der Waals surface area contributed by atoms with E-state index in [1.165, 1.54) is 5.56 Å². The fourth-order valence-corrected chi connectivity index (χ4v) is 3.40. The molecule has 4 rings (SSSR count). The predicted molar refractivity (Wildman–Crippen MR) is 95.9 cm³/mol. The van der Waals surface area contributed by atoms with Crippen molar-refractivity contribution in [2.45, 2.75) is 5.92 Å². The van der Waals surface area contributed by atoms with Crippen LogP contribution in [-0.4, -0.2) is 24.0 Å². The van der Waals surface area contributed by atoms with Crippen LogP contribution in [0, 0.1) is 5.92 Å². The average Bonchev–Trinajstić information content (AvgIpc) is 3.12. The second kappa shape index (κ2) is 6.42. The third kappa shape index (κ3) is 2.88. The van der Waals surface area contributed by atoms with Crippen LogP contribution in [0.4, 0.5) is 5.69 Å². The van der Waals surface area contributed by atoms with E-state index in [0.717, 1.165) is 23.0 Å². The quantitative estimate of drug-likeness (QED) is 0.780. The number of aromatic nitrogens is 1. The second-order valence-electron chi connectivity index (χ2n) is 6.21. The predicted octanol–water partition coefficient (Wildman–Crippen LogP) is 3.18. The molecule has 2 atom stereocenters. The van der Waals surface area contributed by atoms with Crippen LogP contribution in [0.1, 0.15) is 11.5 Å². The lowest BCUT2D eigenvalue weighted by atomic mass is 9.88. The highest BCUT2D eigenvalue weighted by atomic mass is 16.1. The van der Waals surface area contributed by atoms with Gasteiger partial charge in [0.15, 0.2) is 0 Å². The number of fused-ring (bicyclic) bond motifs is 1. The standard InChI is InChI=1S/C20H19N3O/c24-20(19-13-22-12-18(19)14-4-2-1-3-5-14)23-17-7-6-16-11-21-9-8-15(16)10-17/h1-11,18-19,22H,12-13H2,(H,23,24)/t18-,19+/m1/s1. The lowest BCUT2D eigenvalue weighted by Gasteiger charge is -2.18. The van der Waals surface area contributed by atoms with Crippen molar-refractivity contribution < 1.29 is 4.79 Å². The zero-order valence-electron chi connectivity index (χ0n) is 13.3. The molecule has 1 amide bonds. The molecule has 0 bridgehead atoms. The van der Waals surface area contributed by atoms with Crippen molar-refractivity contribution >= 4 is 22.4 Å². The smallest absolute Gasteiger partial charge is 0.229 e. The van der Waals surface area contributed by atoms with Crippen molar-refractivity contribution in [2.24, 2.45) is 5.92 Å². The Kier molecular flexibility index (Phi) is 3.97. The molecule has 1 aliphatic heterocycles. The van der Waals surface area contributed by atoms with Gasteiger partial charge in [0.25, 0.3) is 0 Å². The number of nitrogens with zero attached hydrogens (tertiary/aromatic N) is 1. The minimum absolute atomic E-state index is 0.0551.